The minimum Gasteiger partial charge on any atom is -0.480 e. The van der Waals surface area contributed by atoms with Crippen molar-refractivity contribution in [2.45, 2.75) is 38.5 Å². The maximum atomic E-state index is 11.0. The predicted molar refractivity (Wildman–Crippen MR) is 81.9 cm³/mol. The van der Waals surface area contributed by atoms with Crippen molar-refractivity contribution in [2.24, 2.45) is 0 Å². The second-order valence-corrected chi connectivity index (χ2v) is 6.03. The third-order valence-electron chi connectivity index (χ3n) is 2.88. The van der Waals surface area contributed by atoms with Gasteiger partial charge in [-0.15, -0.1) is 0 Å². The van der Waals surface area contributed by atoms with Crippen LogP contribution >= 0.6 is 11.8 Å². The number of carbonyl (C=O) groups excluding carboxylic acids is 1. The van der Waals surface area contributed by atoms with Crippen LogP contribution in [0.25, 0.3) is 0 Å². The highest BCUT2D eigenvalue weighted by molar-refractivity contribution is 7.98. The van der Waals surface area contributed by atoms with Crippen molar-refractivity contribution < 1.29 is 14.7 Å². The molecule has 1 aromatic carbocycles. The average Bonchev–Trinajstić information content (AvgIpc) is 2.37. The third-order valence-corrected chi connectivity index (χ3v) is 3.98. The van der Waals surface area contributed by atoms with E-state index < -0.39 is 12.0 Å². The number of hydrogen-bond acceptors (Lipinski definition) is 3. The van der Waals surface area contributed by atoms with Gasteiger partial charge in [-0.25, -0.2) is 4.79 Å². The molecule has 1 atom stereocenters. The van der Waals surface area contributed by atoms with E-state index >= 15 is 0 Å². The van der Waals surface area contributed by atoms with Crippen LogP contribution in [0, 0.1) is 0 Å². The monoisotopic (exact) mass is 295 g/mol. The van der Waals surface area contributed by atoms with Crippen molar-refractivity contribution >= 4 is 23.6 Å². The Morgan fingerprint density at radius 3 is 2.30 bits per heavy atom. The molecule has 0 heterocycles. The predicted octanol–water partition coefficient (Wildman–Crippen LogP) is 2.63. The normalized spacial score (nSPS) is 12.2. The van der Waals surface area contributed by atoms with Gasteiger partial charge in [0, 0.05) is 18.4 Å². The fourth-order valence-electron chi connectivity index (χ4n) is 1.71. The molecule has 1 amide bonds. The smallest absolute Gasteiger partial charge is 0.327 e. The fourth-order valence-corrected chi connectivity index (χ4v) is 2.72. The Bertz CT molecular complexity index is 457. The lowest BCUT2D eigenvalue weighted by molar-refractivity contribution is -0.140. The van der Waals surface area contributed by atoms with Crippen LogP contribution in [0.3, 0.4) is 0 Å². The molecule has 1 rings (SSSR count). The van der Waals surface area contributed by atoms with Gasteiger partial charge in [-0.1, -0.05) is 38.1 Å². The molecule has 0 saturated heterocycles. The van der Waals surface area contributed by atoms with Gasteiger partial charge in [0.2, 0.25) is 5.91 Å². The van der Waals surface area contributed by atoms with E-state index in [-0.39, 0.29) is 5.91 Å². The Hall–Kier alpha value is -1.49. The van der Waals surface area contributed by atoms with Crippen molar-refractivity contribution in [3.8, 4) is 0 Å². The number of hydrogen-bond donors (Lipinski definition) is 2. The van der Waals surface area contributed by atoms with Gasteiger partial charge in [0.15, 0.2) is 0 Å². The number of carbonyl (C=O) groups is 2. The maximum Gasteiger partial charge on any atom is 0.327 e. The van der Waals surface area contributed by atoms with Crippen LogP contribution in [0.5, 0.6) is 0 Å². The molecule has 1 unspecified atom stereocenters. The van der Waals surface area contributed by atoms with E-state index in [2.05, 4.69) is 43.4 Å². The summed E-state index contributed by atoms with van der Waals surface area (Å²) in [6, 6.07) is 7.51. The van der Waals surface area contributed by atoms with Crippen LogP contribution in [0.1, 0.15) is 37.8 Å². The van der Waals surface area contributed by atoms with E-state index in [4.69, 9.17) is 5.11 Å². The summed E-state index contributed by atoms with van der Waals surface area (Å²) >= 11 is 1.50. The molecule has 0 aliphatic rings. The molecule has 0 spiro atoms. The zero-order chi connectivity index (χ0) is 15.1. The third kappa shape index (κ3) is 5.65. The number of carboxylic acids is 1. The van der Waals surface area contributed by atoms with Crippen molar-refractivity contribution in [2.75, 3.05) is 5.75 Å². The van der Waals surface area contributed by atoms with Crippen molar-refractivity contribution in [3.05, 3.63) is 35.4 Å². The minimum absolute atomic E-state index is 0.320. The van der Waals surface area contributed by atoms with Crippen LogP contribution < -0.4 is 5.32 Å². The van der Waals surface area contributed by atoms with Gasteiger partial charge in [-0.05, 0) is 17.0 Å². The second kappa shape index (κ2) is 7.94. The summed E-state index contributed by atoms with van der Waals surface area (Å²) < 4.78 is 0. The second-order valence-electron chi connectivity index (χ2n) is 5.00. The molecule has 0 radical (unpaired) electrons. The van der Waals surface area contributed by atoms with E-state index in [0.29, 0.717) is 11.7 Å². The van der Waals surface area contributed by atoms with Gasteiger partial charge >= 0.3 is 5.97 Å². The van der Waals surface area contributed by atoms with Crippen molar-refractivity contribution in [1.29, 1.82) is 0 Å². The lowest BCUT2D eigenvalue weighted by Crippen LogP contribution is -2.41. The highest BCUT2D eigenvalue weighted by atomic mass is 32.2. The van der Waals surface area contributed by atoms with Gasteiger partial charge in [0.25, 0.3) is 0 Å². The maximum absolute atomic E-state index is 11.0. The lowest BCUT2D eigenvalue weighted by atomic mass is 10.0. The summed E-state index contributed by atoms with van der Waals surface area (Å²) in [6.45, 7) is 5.62. The summed E-state index contributed by atoms with van der Waals surface area (Å²) in [6.07, 6.45) is 0. The molecule has 0 aliphatic carbocycles. The number of amides is 1. The molecule has 5 heteroatoms. The summed E-state index contributed by atoms with van der Waals surface area (Å²) in [5, 5.41) is 11.4. The standard InChI is InChI=1S/C15H21NO3S/c1-10(2)13-6-4-12(5-7-13)8-20-9-14(15(18)19)16-11(3)17/h4-7,10,14H,8-9H2,1-3H3,(H,16,17)(H,18,19). The molecule has 20 heavy (non-hydrogen) atoms. The number of thioether (sulfide) groups is 1. The van der Waals surface area contributed by atoms with Gasteiger partial charge in [0.05, 0.1) is 0 Å². The van der Waals surface area contributed by atoms with Crippen LogP contribution in [0.2, 0.25) is 0 Å². The number of benzene rings is 1. The highest BCUT2D eigenvalue weighted by Crippen LogP contribution is 2.18. The highest BCUT2D eigenvalue weighted by Gasteiger charge is 2.17. The Labute approximate surface area is 124 Å². The molecule has 2 N–H and O–H groups in total. The zero-order valence-corrected chi connectivity index (χ0v) is 12.9. The SMILES string of the molecule is CC(=O)NC(CSCc1ccc(C(C)C)cc1)C(=O)O. The zero-order valence-electron chi connectivity index (χ0n) is 12.1. The number of rotatable bonds is 7. The first-order valence-electron chi connectivity index (χ1n) is 6.56. The first kappa shape index (κ1) is 16.6. The Morgan fingerprint density at radius 2 is 1.85 bits per heavy atom. The lowest BCUT2D eigenvalue weighted by Gasteiger charge is -2.13. The Morgan fingerprint density at radius 1 is 1.25 bits per heavy atom. The fraction of sp³-hybridized carbons (Fsp3) is 0.467. The number of carboxylic acid groups (broad SMARTS) is 1. The van der Waals surface area contributed by atoms with Crippen molar-refractivity contribution in [3.63, 3.8) is 0 Å². The van der Waals surface area contributed by atoms with Gasteiger partial charge in [0.1, 0.15) is 6.04 Å². The number of nitrogens with one attached hydrogen (secondary N) is 1. The summed E-state index contributed by atoms with van der Waals surface area (Å²) in [5.41, 5.74) is 2.45. The first-order chi connectivity index (χ1) is 9.40. The molecule has 0 aromatic heterocycles. The average molecular weight is 295 g/mol. The molecular weight excluding hydrogens is 274 g/mol. The van der Waals surface area contributed by atoms with Crippen LogP contribution in [0.15, 0.2) is 24.3 Å². The van der Waals surface area contributed by atoms with E-state index in [1.165, 1.54) is 24.2 Å². The largest absolute Gasteiger partial charge is 0.480 e. The van der Waals surface area contributed by atoms with E-state index in [9.17, 15) is 9.59 Å². The van der Waals surface area contributed by atoms with Gasteiger partial charge in [-0.2, -0.15) is 11.8 Å². The van der Waals surface area contributed by atoms with E-state index in [1.54, 1.807) is 0 Å². The summed E-state index contributed by atoms with van der Waals surface area (Å²) in [7, 11) is 0. The summed E-state index contributed by atoms with van der Waals surface area (Å²) in [4.78, 5) is 21.9. The molecule has 0 fully saturated rings. The van der Waals surface area contributed by atoms with Gasteiger partial charge < -0.3 is 10.4 Å². The minimum atomic E-state index is -0.997. The topological polar surface area (TPSA) is 66.4 Å². The van der Waals surface area contributed by atoms with Gasteiger partial charge in [-0.3, -0.25) is 4.79 Å². The number of aliphatic carboxylic acids is 1. The quantitative estimate of drug-likeness (QED) is 0.811. The molecular formula is C15H21NO3S. The first-order valence-corrected chi connectivity index (χ1v) is 7.72. The molecule has 1 aromatic rings. The molecule has 110 valence electrons. The van der Waals surface area contributed by atoms with Crippen molar-refractivity contribution in [1.82, 2.24) is 5.32 Å². The Kier molecular flexibility index (Phi) is 6.58. The molecule has 0 bridgehead atoms. The molecule has 0 aliphatic heterocycles. The van der Waals surface area contributed by atoms with E-state index in [1.807, 2.05) is 0 Å². The van der Waals surface area contributed by atoms with Crippen LogP contribution in [0.4, 0.5) is 0 Å². The Balaban J connectivity index is 2.46. The molecule has 0 saturated carbocycles. The van der Waals surface area contributed by atoms with Crippen LogP contribution in [-0.2, 0) is 15.3 Å². The van der Waals surface area contributed by atoms with Crippen LogP contribution in [-0.4, -0.2) is 28.8 Å². The van der Waals surface area contributed by atoms with E-state index in [0.717, 1.165) is 11.3 Å². The summed E-state index contributed by atoms with van der Waals surface area (Å²) in [5.74, 6) is 0.290. The molecule has 4 nitrogen and oxygen atoms in total.